The Bertz CT molecular complexity index is 1250. The van der Waals surface area contributed by atoms with E-state index in [1.165, 1.54) is 36.2 Å². The van der Waals surface area contributed by atoms with E-state index in [1.54, 1.807) is 18.2 Å². The number of hydrogen-bond acceptors (Lipinski definition) is 8. The molecular weight excluding hydrogens is 400 g/mol. The van der Waals surface area contributed by atoms with Crippen LogP contribution in [0, 0.1) is 21.4 Å². The molecule has 0 amide bonds. The monoisotopic (exact) mass is 414 g/mol. The number of rotatable bonds is 6. The normalized spacial score (nSPS) is 10.9. The fraction of sp³-hybridized carbons (Fsp3) is 0.0588. The maximum atomic E-state index is 12.8. The van der Waals surface area contributed by atoms with Crippen molar-refractivity contribution >= 4 is 27.2 Å². The van der Waals surface area contributed by atoms with Crippen LogP contribution >= 0.6 is 0 Å². The van der Waals surface area contributed by atoms with Crippen molar-refractivity contribution in [3.05, 3.63) is 64.3 Å². The van der Waals surface area contributed by atoms with Crippen LogP contribution in [0.4, 0.5) is 17.2 Å². The van der Waals surface area contributed by atoms with Crippen LogP contribution in [-0.4, -0.2) is 30.2 Å². The van der Waals surface area contributed by atoms with Crippen molar-refractivity contribution in [2.75, 3.05) is 17.6 Å². The van der Waals surface area contributed by atoms with Gasteiger partial charge in [-0.1, -0.05) is 12.1 Å². The number of nitrogens with one attached hydrogen (secondary N) is 1. The molecule has 1 heterocycles. The van der Waals surface area contributed by atoms with Gasteiger partial charge in [-0.05, 0) is 24.3 Å². The van der Waals surface area contributed by atoms with Crippen LogP contribution in [0.1, 0.15) is 5.56 Å². The first kappa shape index (κ1) is 19.6. The van der Waals surface area contributed by atoms with Crippen LogP contribution < -0.4 is 15.2 Å². The van der Waals surface area contributed by atoms with E-state index in [4.69, 9.17) is 15.7 Å². The Morgan fingerprint density at radius 2 is 2.03 bits per heavy atom. The first-order valence-corrected chi connectivity index (χ1v) is 9.45. The number of hydrogen-bond donors (Lipinski definition) is 2. The molecule has 29 heavy (non-hydrogen) atoms. The predicted molar refractivity (Wildman–Crippen MR) is 103 cm³/mol. The highest BCUT2D eigenvalue weighted by Gasteiger charge is 2.23. The molecule has 148 valence electrons. The fourth-order valence-electron chi connectivity index (χ4n) is 2.56. The second-order valence-electron chi connectivity index (χ2n) is 5.68. The van der Waals surface area contributed by atoms with Crippen molar-refractivity contribution in [2.45, 2.75) is 4.90 Å². The second kappa shape index (κ2) is 7.49. The summed E-state index contributed by atoms with van der Waals surface area (Å²) in [6.07, 6.45) is 1.26. The lowest BCUT2D eigenvalue weighted by atomic mass is 10.2. The molecule has 0 aliphatic heterocycles. The molecule has 2 aromatic carbocycles. The van der Waals surface area contributed by atoms with Crippen LogP contribution in [0.3, 0.4) is 0 Å². The summed E-state index contributed by atoms with van der Waals surface area (Å²) in [5.41, 5.74) is 5.92. The van der Waals surface area contributed by atoms with Crippen LogP contribution in [0.5, 0.6) is 5.75 Å². The first-order valence-electron chi connectivity index (χ1n) is 7.96. The summed E-state index contributed by atoms with van der Waals surface area (Å²) >= 11 is 0. The Labute approximate surface area is 165 Å². The molecular formula is C17H14N6O5S. The zero-order valence-electron chi connectivity index (χ0n) is 14.9. The van der Waals surface area contributed by atoms with E-state index in [2.05, 4.69) is 9.82 Å². The van der Waals surface area contributed by atoms with Gasteiger partial charge >= 0.3 is 5.69 Å². The van der Waals surface area contributed by atoms with Crippen LogP contribution in [0.25, 0.3) is 5.69 Å². The Balaban J connectivity index is 2.05. The smallest absolute Gasteiger partial charge is 0.312 e. The molecule has 0 fully saturated rings. The minimum atomic E-state index is -4.19. The van der Waals surface area contributed by atoms with E-state index in [0.29, 0.717) is 0 Å². The molecule has 0 aliphatic carbocycles. The van der Waals surface area contributed by atoms with Gasteiger partial charge in [0.25, 0.3) is 10.0 Å². The predicted octanol–water partition coefficient (Wildman–Crippen LogP) is 2.04. The average Bonchev–Trinajstić information content (AvgIpc) is 3.07. The Morgan fingerprint density at radius 1 is 1.31 bits per heavy atom. The minimum Gasteiger partial charge on any atom is -0.490 e. The molecule has 0 bridgehead atoms. The lowest BCUT2D eigenvalue weighted by Crippen LogP contribution is -2.16. The number of sulfonamides is 1. The number of nitrogens with two attached hydrogens (primary N) is 1. The molecule has 0 radical (unpaired) electrons. The lowest BCUT2D eigenvalue weighted by Gasteiger charge is -2.14. The number of anilines is 2. The van der Waals surface area contributed by atoms with Gasteiger partial charge in [0.1, 0.15) is 17.5 Å². The minimum absolute atomic E-state index is 0.0410. The van der Waals surface area contributed by atoms with Crippen molar-refractivity contribution in [1.29, 1.82) is 5.26 Å². The number of benzene rings is 2. The highest BCUT2D eigenvalue weighted by atomic mass is 32.2. The van der Waals surface area contributed by atoms with Gasteiger partial charge in [0.2, 0.25) is 0 Å². The summed E-state index contributed by atoms with van der Waals surface area (Å²) in [5.74, 6) is -0.0260. The third kappa shape index (κ3) is 3.66. The van der Waals surface area contributed by atoms with Gasteiger partial charge in [-0.25, -0.2) is 13.1 Å². The molecule has 0 unspecified atom stereocenters. The van der Waals surface area contributed by atoms with E-state index in [-0.39, 0.29) is 33.4 Å². The van der Waals surface area contributed by atoms with E-state index >= 15 is 0 Å². The summed E-state index contributed by atoms with van der Waals surface area (Å²) in [4.78, 5) is 10.1. The number of aromatic nitrogens is 2. The summed E-state index contributed by atoms with van der Waals surface area (Å²) in [6.45, 7) is 0. The van der Waals surface area contributed by atoms with Crippen molar-refractivity contribution in [1.82, 2.24) is 9.78 Å². The number of methoxy groups -OCH3 is 1. The fourth-order valence-corrected chi connectivity index (χ4v) is 3.66. The molecule has 12 heteroatoms. The summed E-state index contributed by atoms with van der Waals surface area (Å²) in [7, 11) is -2.95. The van der Waals surface area contributed by atoms with Crippen LogP contribution in [0.2, 0.25) is 0 Å². The zero-order valence-corrected chi connectivity index (χ0v) is 15.8. The third-order valence-corrected chi connectivity index (χ3v) is 5.32. The molecule has 0 spiro atoms. The number of ether oxygens (including phenoxy) is 1. The second-order valence-corrected chi connectivity index (χ2v) is 7.36. The van der Waals surface area contributed by atoms with Crippen LogP contribution in [0.15, 0.2) is 53.6 Å². The van der Waals surface area contributed by atoms with Crippen LogP contribution in [-0.2, 0) is 10.0 Å². The van der Waals surface area contributed by atoms with Crippen molar-refractivity contribution in [3.63, 3.8) is 0 Å². The molecule has 0 aliphatic rings. The number of nitro groups is 1. The number of nitriles is 1. The Hall–Kier alpha value is -4.11. The topological polar surface area (TPSA) is 166 Å². The molecule has 11 nitrogen and oxygen atoms in total. The average molecular weight is 414 g/mol. The van der Waals surface area contributed by atoms with Gasteiger partial charge in [-0.15, -0.1) is 0 Å². The van der Waals surface area contributed by atoms with Gasteiger partial charge in [0, 0.05) is 6.07 Å². The van der Waals surface area contributed by atoms with E-state index in [9.17, 15) is 18.5 Å². The quantitative estimate of drug-likeness (QED) is 0.456. The summed E-state index contributed by atoms with van der Waals surface area (Å²) in [6, 6.07) is 11.4. The van der Waals surface area contributed by atoms with Crippen molar-refractivity contribution < 1.29 is 18.1 Å². The Kier molecular flexibility index (Phi) is 5.07. The maximum Gasteiger partial charge on any atom is 0.312 e. The van der Waals surface area contributed by atoms with Gasteiger partial charge < -0.3 is 10.5 Å². The van der Waals surface area contributed by atoms with Gasteiger partial charge in [0.05, 0.1) is 34.5 Å². The first-order chi connectivity index (χ1) is 13.8. The van der Waals surface area contributed by atoms with E-state index in [1.807, 2.05) is 6.07 Å². The molecule has 3 rings (SSSR count). The largest absolute Gasteiger partial charge is 0.490 e. The number of nitrogens with zero attached hydrogens (tertiary/aromatic N) is 4. The standard InChI is InChI=1S/C17H14N6O5S/c1-28-16-7-6-12(8-15(16)23(24)25)29(26,27)21-13-4-2-3-5-14(13)22-17(19)11(9-18)10-20-22/h2-8,10,21H,19H2,1H3. The number of nitrogen functional groups attached to an aromatic ring is 1. The molecule has 0 atom stereocenters. The van der Waals surface area contributed by atoms with Gasteiger partial charge in [-0.2, -0.15) is 10.4 Å². The lowest BCUT2D eigenvalue weighted by molar-refractivity contribution is -0.386. The van der Waals surface area contributed by atoms with Crippen molar-refractivity contribution in [3.8, 4) is 17.5 Å². The summed E-state index contributed by atoms with van der Waals surface area (Å²) in [5, 5.41) is 24.2. The number of nitro benzene ring substituents is 1. The molecule has 3 N–H and O–H groups in total. The third-order valence-electron chi connectivity index (χ3n) is 3.96. The van der Waals surface area contributed by atoms with Crippen molar-refractivity contribution in [2.24, 2.45) is 0 Å². The zero-order chi connectivity index (χ0) is 21.2. The summed E-state index contributed by atoms with van der Waals surface area (Å²) < 4.78 is 34.1. The van der Waals surface area contributed by atoms with Gasteiger partial charge in [-0.3, -0.25) is 14.8 Å². The highest BCUT2D eigenvalue weighted by molar-refractivity contribution is 7.92. The number of para-hydroxylation sites is 2. The van der Waals surface area contributed by atoms with E-state index < -0.39 is 20.6 Å². The highest BCUT2D eigenvalue weighted by Crippen LogP contribution is 2.31. The Morgan fingerprint density at radius 3 is 2.66 bits per heavy atom. The van der Waals surface area contributed by atoms with Gasteiger partial charge in [0.15, 0.2) is 5.75 Å². The maximum absolute atomic E-state index is 12.8. The molecule has 3 aromatic rings. The molecule has 0 saturated carbocycles. The SMILES string of the molecule is COc1ccc(S(=O)(=O)Nc2ccccc2-n2ncc(C#N)c2N)cc1[N+](=O)[O-]. The van der Waals surface area contributed by atoms with E-state index in [0.717, 1.165) is 6.07 Å². The molecule has 1 aromatic heterocycles. The molecule has 0 saturated heterocycles.